The summed E-state index contributed by atoms with van der Waals surface area (Å²) < 4.78 is 0. The minimum Gasteiger partial charge on any atom is -0.331 e. The van der Waals surface area contributed by atoms with E-state index in [9.17, 15) is 9.59 Å². The largest absolute Gasteiger partial charge is 0.331 e. The van der Waals surface area contributed by atoms with E-state index in [4.69, 9.17) is 5.26 Å². The summed E-state index contributed by atoms with van der Waals surface area (Å²) in [5.41, 5.74) is 1.15. The number of amides is 2. The van der Waals surface area contributed by atoms with Crippen LogP contribution in [-0.2, 0) is 9.59 Å². The molecule has 5 nitrogen and oxygen atoms in total. The summed E-state index contributed by atoms with van der Waals surface area (Å²) in [4.78, 5) is 25.0. The van der Waals surface area contributed by atoms with Gasteiger partial charge in [-0.15, -0.1) is 0 Å². The molecular weight excluding hydrogens is 254 g/mol. The van der Waals surface area contributed by atoms with Gasteiger partial charge in [0.2, 0.25) is 11.8 Å². The lowest BCUT2D eigenvalue weighted by Crippen LogP contribution is -2.42. The normalized spacial score (nSPS) is 11.3. The number of rotatable bonds is 5. The minimum absolute atomic E-state index is 0.0271. The second-order valence-corrected chi connectivity index (χ2v) is 4.64. The standard InChI is InChI=1S/C15H19N3O2/c1-4-11(2)18(12(3)19)10-15(20)17-14-7-5-13(9-16)6-8-14/h5-8,11H,4,10H2,1-3H3,(H,17,20). The van der Waals surface area contributed by atoms with Crippen LogP contribution in [0.5, 0.6) is 0 Å². The summed E-state index contributed by atoms with van der Waals surface area (Å²) in [6, 6.07) is 8.63. The molecule has 0 aliphatic rings. The average molecular weight is 273 g/mol. The lowest BCUT2D eigenvalue weighted by molar-refractivity contribution is -0.134. The molecule has 20 heavy (non-hydrogen) atoms. The van der Waals surface area contributed by atoms with Gasteiger partial charge in [0.25, 0.3) is 0 Å². The number of hydrogen-bond acceptors (Lipinski definition) is 3. The molecular formula is C15H19N3O2. The Balaban J connectivity index is 2.65. The molecule has 0 bridgehead atoms. The molecule has 1 rings (SSSR count). The van der Waals surface area contributed by atoms with Crippen molar-refractivity contribution in [3.8, 4) is 6.07 Å². The van der Waals surface area contributed by atoms with Gasteiger partial charge in [0, 0.05) is 18.7 Å². The Morgan fingerprint density at radius 3 is 2.40 bits per heavy atom. The molecule has 0 saturated heterocycles. The van der Waals surface area contributed by atoms with E-state index in [1.54, 1.807) is 29.2 Å². The highest BCUT2D eigenvalue weighted by molar-refractivity contribution is 5.94. The first-order valence-corrected chi connectivity index (χ1v) is 6.55. The first kappa shape index (κ1) is 15.7. The molecule has 0 aromatic heterocycles. The maximum atomic E-state index is 11.9. The summed E-state index contributed by atoms with van der Waals surface area (Å²) in [5.74, 6) is -0.362. The predicted molar refractivity (Wildman–Crippen MR) is 76.9 cm³/mol. The number of nitrogens with one attached hydrogen (secondary N) is 1. The zero-order valence-corrected chi connectivity index (χ0v) is 12.0. The maximum Gasteiger partial charge on any atom is 0.244 e. The maximum absolute atomic E-state index is 11.9. The number of carbonyl (C=O) groups is 2. The number of hydrogen-bond donors (Lipinski definition) is 1. The van der Waals surface area contributed by atoms with Gasteiger partial charge in [-0.25, -0.2) is 0 Å². The zero-order chi connectivity index (χ0) is 15.1. The Bertz CT molecular complexity index is 517. The molecule has 0 saturated carbocycles. The molecule has 1 N–H and O–H groups in total. The average Bonchev–Trinajstić information content (AvgIpc) is 2.44. The monoisotopic (exact) mass is 273 g/mol. The van der Waals surface area contributed by atoms with Gasteiger partial charge in [0.1, 0.15) is 6.54 Å². The van der Waals surface area contributed by atoms with Crippen LogP contribution in [0.1, 0.15) is 32.8 Å². The van der Waals surface area contributed by atoms with Crippen molar-refractivity contribution in [2.45, 2.75) is 33.2 Å². The van der Waals surface area contributed by atoms with E-state index < -0.39 is 0 Å². The van der Waals surface area contributed by atoms with Crippen LogP contribution in [0.15, 0.2) is 24.3 Å². The van der Waals surface area contributed by atoms with Crippen LogP contribution >= 0.6 is 0 Å². The van der Waals surface area contributed by atoms with Crippen molar-refractivity contribution in [2.75, 3.05) is 11.9 Å². The van der Waals surface area contributed by atoms with Gasteiger partial charge in [-0.3, -0.25) is 9.59 Å². The van der Waals surface area contributed by atoms with Crippen molar-refractivity contribution in [2.24, 2.45) is 0 Å². The first-order valence-electron chi connectivity index (χ1n) is 6.55. The molecule has 0 aliphatic heterocycles. The van der Waals surface area contributed by atoms with Crippen molar-refractivity contribution in [3.05, 3.63) is 29.8 Å². The molecule has 0 heterocycles. The van der Waals surface area contributed by atoms with Crippen LogP contribution in [0.4, 0.5) is 5.69 Å². The lowest BCUT2D eigenvalue weighted by Gasteiger charge is -2.26. The van der Waals surface area contributed by atoms with Gasteiger partial charge in [-0.2, -0.15) is 5.26 Å². The van der Waals surface area contributed by atoms with Gasteiger partial charge >= 0.3 is 0 Å². The summed E-state index contributed by atoms with van der Waals surface area (Å²) in [6.07, 6.45) is 0.795. The van der Waals surface area contributed by atoms with Gasteiger partial charge in [0.15, 0.2) is 0 Å². The van der Waals surface area contributed by atoms with Crippen molar-refractivity contribution in [1.29, 1.82) is 5.26 Å². The van der Waals surface area contributed by atoms with Gasteiger partial charge in [-0.05, 0) is 37.6 Å². The van der Waals surface area contributed by atoms with Crippen molar-refractivity contribution >= 4 is 17.5 Å². The molecule has 1 unspecified atom stereocenters. The molecule has 1 aromatic carbocycles. The number of benzene rings is 1. The van der Waals surface area contributed by atoms with Crippen molar-refractivity contribution in [3.63, 3.8) is 0 Å². The number of carbonyl (C=O) groups excluding carboxylic acids is 2. The zero-order valence-electron chi connectivity index (χ0n) is 12.0. The third-order valence-corrected chi connectivity index (χ3v) is 3.14. The fourth-order valence-electron chi connectivity index (χ4n) is 1.78. The van der Waals surface area contributed by atoms with E-state index in [2.05, 4.69) is 5.32 Å². The highest BCUT2D eigenvalue weighted by atomic mass is 16.2. The second-order valence-electron chi connectivity index (χ2n) is 4.64. The van der Waals surface area contributed by atoms with E-state index in [1.807, 2.05) is 19.9 Å². The Labute approximate surface area is 119 Å². The van der Waals surface area contributed by atoms with Gasteiger partial charge in [0.05, 0.1) is 11.6 Å². The number of nitriles is 1. The Kier molecular flexibility index (Phi) is 5.73. The summed E-state index contributed by atoms with van der Waals surface area (Å²) in [5, 5.41) is 11.4. The molecule has 1 atom stereocenters. The van der Waals surface area contributed by atoms with E-state index in [0.717, 1.165) is 6.42 Å². The van der Waals surface area contributed by atoms with Crippen LogP contribution in [0.2, 0.25) is 0 Å². The molecule has 0 aliphatic carbocycles. The fraction of sp³-hybridized carbons (Fsp3) is 0.400. The first-order chi connectivity index (χ1) is 9.47. The highest BCUT2D eigenvalue weighted by Crippen LogP contribution is 2.10. The molecule has 0 spiro atoms. The molecule has 2 amide bonds. The fourth-order valence-corrected chi connectivity index (χ4v) is 1.78. The Morgan fingerprint density at radius 1 is 1.35 bits per heavy atom. The molecule has 1 aromatic rings. The van der Waals surface area contributed by atoms with E-state index in [0.29, 0.717) is 11.3 Å². The Morgan fingerprint density at radius 2 is 1.95 bits per heavy atom. The van der Waals surface area contributed by atoms with Gasteiger partial charge < -0.3 is 10.2 Å². The topological polar surface area (TPSA) is 73.2 Å². The highest BCUT2D eigenvalue weighted by Gasteiger charge is 2.18. The van der Waals surface area contributed by atoms with Crippen molar-refractivity contribution < 1.29 is 9.59 Å². The smallest absolute Gasteiger partial charge is 0.244 e. The van der Waals surface area contributed by atoms with E-state index in [1.165, 1.54) is 6.92 Å². The minimum atomic E-state index is -0.245. The van der Waals surface area contributed by atoms with Crippen LogP contribution in [-0.4, -0.2) is 29.3 Å². The van der Waals surface area contributed by atoms with Crippen LogP contribution in [0.3, 0.4) is 0 Å². The summed E-state index contributed by atoms with van der Waals surface area (Å²) in [6.45, 7) is 5.38. The lowest BCUT2D eigenvalue weighted by atomic mass is 10.2. The predicted octanol–water partition coefficient (Wildman–Crippen LogP) is 2.14. The SMILES string of the molecule is CCC(C)N(CC(=O)Nc1ccc(C#N)cc1)C(C)=O. The molecule has 5 heteroatoms. The molecule has 106 valence electrons. The number of anilines is 1. The third kappa shape index (κ3) is 4.39. The van der Waals surface area contributed by atoms with Gasteiger partial charge in [-0.1, -0.05) is 6.92 Å². The van der Waals surface area contributed by atoms with E-state index in [-0.39, 0.29) is 24.4 Å². The molecule has 0 radical (unpaired) electrons. The summed E-state index contributed by atoms with van der Waals surface area (Å²) in [7, 11) is 0. The van der Waals surface area contributed by atoms with Crippen LogP contribution in [0.25, 0.3) is 0 Å². The van der Waals surface area contributed by atoms with Crippen LogP contribution in [0, 0.1) is 11.3 Å². The Hall–Kier alpha value is -2.35. The number of nitrogens with zero attached hydrogens (tertiary/aromatic N) is 2. The van der Waals surface area contributed by atoms with E-state index >= 15 is 0 Å². The summed E-state index contributed by atoms with van der Waals surface area (Å²) >= 11 is 0. The quantitative estimate of drug-likeness (QED) is 0.893. The second kappa shape index (κ2) is 7.29. The third-order valence-electron chi connectivity index (χ3n) is 3.14. The molecule has 0 fully saturated rings. The van der Waals surface area contributed by atoms with Crippen LogP contribution < -0.4 is 5.32 Å². The van der Waals surface area contributed by atoms with Crippen molar-refractivity contribution in [1.82, 2.24) is 4.90 Å².